The zero-order chi connectivity index (χ0) is 29.3. The predicted molar refractivity (Wildman–Crippen MR) is 156 cm³/mol. The Bertz CT molecular complexity index is 1400. The molecule has 0 spiro atoms. The molecule has 1 aliphatic carbocycles. The monoisotopic (exact) mass is 596 g/mol. The lowest BCUT2D eigenvalue weighted by Gasteiger charge is -2.38. The minimum absolute atomic E-state index is 0.0464. The molecule has 2 atom stereocenters. The Balaban J connectivity index is 1.61. The second kappa shape index (κ2) is 11.6. The molecule has 1 saturated carbocycles. The highest BCUT2D eigenvalue weighted by atomic mass is 32.2. The molecule has 2 fully saturated rings. The fraction of sp³-hybridized carbons (Fsp3) is 0.556. The van der Waals surface area contributed by atoms with E-state index in [2.05, 4.69) is 28.0 Å². The second-order valence-corrected chi connectivity index (χ2v) is 18.9. The number of aliphatic hydroxyl groups is 1. The van der Waals surface area contributed by atoms with Crippen molar-refractivity contribution in [2.45, 2.75) is 63.3 Å². The molecule has 3 N–H and O–H groups in total. The number of hydrogen-bond acceptors (Lipinski definition) is 6. The van der Waals surface area contributed by atoms with Crippen molar-refractivity contribution in [2.75, 3.05) is 40.4 Å². The van der Waals surface area contributed by atoms with E-state index in [1.165, 1.54) is 22.8 Å². The van der Waals surface area contributed by atoms with Gasteiger partial charge in [-0.15, -0.1) is 0 Å². The molecule has 1 aromatic carbocycles. The summed E-state index contributed by atoms with van der Waals surface area (Å²) < 4.78 is 56.1. The maximum absolute atomic E-state index is 13.9. The summed E-state index contributed by atoms with van der Waals surface area (Å²) in [5.41, 5.74) is 0.693. The van der Waals surface area contributed by atoms with Gasteiger partial charge in [-0.2, -0.15) is 0 Å². The van der Waals surface area contributed by atoms with Crippen LogP contribution in [0, 0.1) is 5.92 Å². The van der Waals surface area contributed by atoms with Crippen molar-refractivity contribution >= 4 is 41.1 Å². The maximum Gasteiger partial charge on any atom is 0.274 e. The van der Waals surface area contributed by atoms with Crippen LogP contribution in [0.1, 0.15) is 42.6 Å². The minimum atomic E-state index is -3.77. The first kappa shape index (κ1) is 30.2. The maximum atomic E-state index is 13.9. The number of halogens is 2. The van der Waals surface area contributed by atoms with Gasteiger partial charge in [0.2, 0.25) is 15.9 Å². The van der Waals surface area contributed by atoms with Crippen molar-refractivity contribution in [1.82, 2.24) is 4.57 Å². The van der Waals surface area contributed by atoms with Gasteiger partial charge in [-0.1, -0.05) is 13.1 Å². The average molecular weight is 597 g/mol. The first-order valence-electron chi connectivity index (χ1n) is 13.6. The van der Waals surface area contributed by atoms with E-state index in [1.54, 1.807) is 18.3 Å². The van der Waals surface area contributed by atoms with Crippen LogP contribution in [0.25, 0.3) is 0 Å². The van der Waals surface area contributed by atoms with Gasteiger partial charge < -0.3 is 19.9 Å². The standard InChI is InChI=1S/C27H38F2N4O5SSi/c1-27(28,29)19-6-8-21(17-19)33-10-4-5-23(26(33)36)30-25(35)22-9-7-20(31-39(37,38)14-13-34)18-24(22)32-11-15-40(2,3)16-12-32/h4-5,7,9-10,18-19,21,31,34H,6,8,11-17H2,1-3H3,(H,30,35)/t19-,21-/m1/s1. The number of alkyl halides is 2. The zero-order valence-corrected chi connectivity index (χ0v) is 24.9. The molecule has 4 rings (SSSR count). The van der Waals surface area contributed by atoms with Gasteiger partial charge in [-0.25, -0.2) is 17.2 Å². The third-order valence-electron chi connectivity index (χ3n) is 8.07. The molecule has 1 aliphatic heterocycles. The molecule has 0 bridgehead atoms. The van der Waals surface area contributed by atoms with Crippen molar-refractivity contribution in [2.24, 2.45) is 5.92 Å². The normalized spacial score (nSPS) is 21.3. The summed E-state index contributed by atoms with van der Waals surface area (Å²) in [5, 5.41) is 11.8. The van der Waals surface area contributed by atoms with Crippen molar-refractivity contribution in [3.8, 4) is 0 Å². The predicted octanol–water partition coefficient (Wildman–Crippen LogP) is 4.36. The lowest BCUT2D eigenvalue weighted by Crippen LogP contribution is -2.43. The molecule has 1 saturated heterocycles. The van der Waals surface area contributed by atoms with Gasteiger partial charge in [0, 0.05) is 31.2 Å². The summed E-state index contributed by atoms with van der Waals surface area (Å²) in [4.78, 5) is 28.9. The van der Waals surface area contributed by atoms with Gasteiger partial charge in [0.25, 0.3) is 11.5 Å². The Morgan fingerprint density at radius 3 is 2.50 bits per heavy atom. The van der Waals surface area contributed by atoms with E-state index >= 15 is 0 Å². The number of nitrogens with one attached hydrogen (secondary N) is 2. The molecule has 40 heavy (non-hydrogen) atoms. The van der Waals surface area contributed by atoms with Gasteiger partial charge in [-0.3, -0.25) is 14.3 Å². The summed E-state index contributed by atoms with van der Waals surface area (Å²) in [7, 11) is -5.12. The molecule has 220 valence electrons. The quantitative estimate of drug-likeness (QED) is 0.370. The summed E-state index contributed by atoms with van der Waals surface area (Å²) >= 11 is 0. The van der Waals surface area contributed by atoms with Crippen LogP contribution in [0.3, 0.4) is 0 Å². The highest BCUT2D eigenvalue weighted by Crippen LogP contribution is 2.42. The van der Waals surface area contributed by atoms with Gasteiger partial charge in [0.15, 0.2) is 0 Å². The van der Waals surface area contributed by atoms with Gasteiger partial charge in [0.05, 0.1) is 37.4 Å². The van der Waals surface area contributed by atoms with Crippen LogP contribution in [0.4, 0.5) is 25.8 Å². The number of carbonyl (C=O) groups is 1. The Labute approximate surface area is 234 Å². The van der Waals surface area contributed by atoms with E-state index in [0.29, 0.717) is 18.5 Å². The van der Waals surface area contributed by atoms with Crippen LogP contribution in [-0.4, -0.2) is 63.4 Å². The van der Waals surface area contributed by atoms with E-state index in [0.717, 1.165) is 32.1 Å². The van der Waals surface area contributed by atoms with Crippen LogP contribution in [-0.2, 0) is 10.0 Å². The topological polar surface area (TPSA) is 121 Å². The third kappa shape index (κ3) is 7.10. The largest absolute Gasteiger partial charge is 0.395 e. The highest BCUT2D eigenvalue weighted by Gasteiger charge is 2.40. The number of rotatable bonds is 9. The van der Waals surface area contributed by atoms with Gasteiger partial charge in [0.1, 0.15) is 5.69 Å². The molecule has 1 amide bonds. The van der Waals surface area contributed by atoms with Crippen molar-refractivity contribution in [1.29, 1.82) is 0 Å². The van der Waals surface area contributed by atoms with Crippen LogP contribution in [0.5, 0.6) is 0 Å². The van der Waals surface area contributed by atoms with Crippen LogP contribution in [0.15, 0.2) is 41.3 Å². The summed E-state index contributed by atoms with van der Waals surface area (Å²) in [5.74, 6) is -4.59. The second-order valence-electron chi connectivity index (χ2n) is 11.7. The lowest BCUT2D eigenvalue weighted by atomic mass is 10.0. The van der Waals surface area contributed by atoms with E-state index in [-0.39, 0.29) is 29.4 Å². The number of hydrogen-bond donors (Lipinski definition) is 3. The molecule has 9 nitrogen and oxygen atoms in total. The SMILES string of the molecule is CC(F)(F)[C@@H]1CC[C@@H](n2cccc(NC(=O)c3ccc(NS(=O)(=O)CCO)cc3N3CC[Si](C)(C)CC3)c2=O)C1. The van der Waals surface area contributed by atoms with E-state index in [9.17, 15) is 26.8 Å². The smallest absolute Gasteiger partial charge is 0.274 e. The molecule has 2 heterocycles. The minimum Gasteiger partial charge on any atom is -0.395 e. The fourth-order valence-electron chi connectivity index (χ4n) is 5.51. The summed E-state index contributed by atoms with van der Waals surface area (Å²) in [6.45, 7) is 6.44. The number of benzene rings is 1. The van der Waals surface area contributed by atoms with Crippen molar-refractivity contribution in [3.63, 3.8) is 0 Å². The molecule has 1 aromatic heterocycles. The highest BCUT2D eigenvalue weighted by molar-refractivity contribution is 7.92. The molecular weight excluding hydrogens is 558 g/mol. The lowest BCUT2D eigenvalue weighted by molar-refractivity contribution is -0.0379. The number of anilines is 3. The Kier molecular flexibility index (Phi) is 8.76. The zero-order valence-electron chi connectivity index (χ0n) is 23.1. The number of sulfonamides is 1. The van der Waals surface area contributed by atoms with Crippen molar-refractivity contribution in [3.05, 3.63) is 52.4 Å². The van der Waals surface area contributed by atoms with E-state index in [4.69, 9.17) is 5.11 Å². The molecule has 0 radical (unpaired) electrons. The Morgan fingerprint density at radius 2 is 1.88 bits per heavy atom. The molecule has 2 aromatic rings. The Morgan fingerprint density at radius 1 is 1.18 bits per heavy atom. The number of carbonyl (C=O) groups excluding carboxylic acids is 1. The molecule has 13 heteroatoms. The van der Waals surface area contributed by atoms with Crippen LogP contribution >= 0.6 is 0 Å². The first-order chi connectivity index (χ1) is 18.7. The van der Waals surface area contributed by atoms with Gasteiger partial charge >= 0.3 is 0 Å². The number of amides is 1. The van der Waals surface area contributed by atoms with Crippen LogP contribution < -0.4 is 20.5 Å². The van der Waals surface area contributed by atoms with E-state index in [1.807, 2.05) is 0 Å². The number of nitrogens with zero attached hydrogens (tertiary/aromatic N) is 2. The summed E-state index contributed by atoms with van der Waals surface area (Å²) in [6.07, 6.45) is 2.53. The fourth-order valence-corrected chi connectivity index (χ4v) is 8.33. The van der Waals surface area contributed by atoms with Crippen molar-refractivity contribution < 1.29 is 27.1 Å². The van der Waals surface area contributed by atoms with E-state index < -0.39 is 53.8 Å². The molecule has 0 unspecified atom stereocenters. The van der Waals surface area contributed by atoms with Crippen LogP contribution in [0.2, 0.25) is 25.2 Å². The Hall–Kier alpha value is -2.77. The first-order valence-corrected chi connectivity index (χ1v) is 18.7. The summed E-state index contributed by atoms with van der Waals surface area (Å²) in [6, 6.07) is 9.36. The number of aromatic nitrogens is 1. The third-order valence-corrected chi connectivity index (χ3v) is 12.5. The number of pyridine rings is 1. The molecular formula is C27H38F2N4O5SSi. The van der Waals surface area contributed by atoms with Gasteiger partial charge in [-0.05, 0) is 68.6 Å². The molecule has 2 aliphatic rings. The average Bonchev–Trinajstić information content (AvgIpc) is 3.36. The number of aliphatic hydroxyl groups excluding tert-OH is 1.